The number of nitrogens with two attached hydrogens (primary N) is 1. The predicted octanol–water partition coefficient (Wildman–Crippen LogP) is 0.241. The monoisotopic (exact) mass is 247 g/mol. The number of hydrogen-bond donors (Lipinski definition) is 1. The third-order valence-corrected chi connectivity index (χ3v) is 4.53. The molecule has 0 spiro atoms. The lowest BCUT2D eigenvalue weighted by Gasteiger charge is -2.16. The molecule has 1 aromatic heterocycles. The van der Waals surface area contributed by atoms with E-state index in [1.165, 1.54) is 0 Å². The summed E-state index contributed by atoms with van der Waals surface area (Å²) < 4.78 is 27.2. The minimum Gasteiger partial charge on any atom is -0.424 e. The molecule has 0 radical (unpaired) electrons. The van der Waals surface area contributed by atoms with Crippen LogP contribution in [-0.2, 0) is 21.0 Å². The average molecular weight is 247 g/mol. The van der Waals surface area contributed by atoms with Crippen LogP contribution in [0.15, 0.2) is 4.42 Å². The van der Waals surface area contributed by atoms with Gasteiger partial charge in [-0.3, -0.25) is 0 Å². The van der Waals surface area contributed by atoms with E-state index < -0.39 is 14.6 Å². The lowest BCUT2D eigenvalue weighted by atomic mass is 10.2. The molecule has 0 aromatic carbocycles. The molecule has 1 heterocycles. The second-order valence-electron chi connectivity index (χ2n) is 4.18. The fourth-order valence-corrected chi connectivity index (χ4v) is 1.41. The van der Waals surface area contributed by atoms with Gasteiger partial charge in [0.2, 0.25) is 11.8 Å². The predicted molar refractivity (Wildman–Crippen MR) is 59.5 cm³/mol. The second kappa shape index (κ2) is 4.50. The molecule has 0 saturated carbocycles. The maximum absolute atomic E-state index is 11.5. The van der Waals surface area contributed by atoms with Crippen molar-refractivity contribution in [3.8, 4) is 0 Å². The summed E-state index contributed by atoms with van der Waals surface area (Å²) in [7, 11) is -3.28. The molecule has 0 aliphatic rings. The van der Waals surface area contributed by atoms with E-state index in [4.69, 9.17) is 10.2 Å². The Morgan fingerprint density at radius 2 is 2.00 bits per heavy atom. The Morgan fingerprint density at radius 1 is 1.38 bits per heavy atom. The van der Waals surface area contributed by atoms with Gasteiger partial charge >= 0.3 is 0 Å². The van der Waals surface area contributed by atoms with Gasteiger partial charge in [-0.25, -0.2) is 8.42 Å². The minimum atomic E-state index is -3.28. The van der Waals surface area contributed by atoms with Crippen molar-refractivity contribution in [1.29, 1.82) is 0 Å². The first kappa shape index (κ1) is 13.1. The first-order valence-electron chi connectivity index (χ1n) is 5.01. The standard InChI is InChI=1S/C9H17N3O3S/c1-9(2,16(3,13)14)8-12-11-7(15-8)5-4-6-10/h4-6,10H2,1-3H3. The van der Waals surface area contributed by atoms with Crippen LogP contribution < -0.4 is 5.73 Å². The van der Waals surface area contributed by atoms with Gasteiger partial charge in [-0.2, -0.15) is 0 Å². The Hall–Kier alpha value is -0.950. The van der Waals surface area contributed by atoms with E-state index in [9.17, 15) is 8.42 Å². The van der Waals surface area contributed by atoms with Crippen LogP contribution in [0, 0.1) is 0 Å². The van der Waals surface area contributed by atoms with Crippen molar-refractivity contribution in [3.05, 3.63) is 11.8 Å². The normalized spacial score (nSPS) is 13.0. The molecule has 0 atom stereocenters. The summed E-state index contributed by atoms with van der Waals surface area (Å²) in [4.78, 5) is 0. The number of aromatic nitrogens is 2. The van der Waals surface area contributed by atoms with E-state index in [-0.39, 0.29) is 5.89 Å². The van der Waals surface area contributed by atoms with Crippen LogP contribution in [-0.4, -0.2) is 31.4 Å². The van der Waals surface area contributed by atoms with Crippen molar-refractivity contribution in [3.63, 3.8) is 0 Å². The van der Waals surface area contributed by atoms with Crippen LogP contribution in [0.4, 0.5) is 0 Å². The van der Waals surface area contributed by atoms with Crippen molar-refractivity contribution in [2.45, 2.75) is 31.4 Å². The van der Waals surface area contributed by atoms with Gasteiger partial charge in [0.05, 0.1) is 0 Å². The molecule has 0 aliphatic carbocycles. The largest absolute Gasteiger partial charge is 0.424 e. The molecule has 1 rings (SSSR count). The zero-order chi connectivity index (χ0) is 12.4. The highest BCUT2D eigenvalue weighted by Crippen LogP contribution is 2.27. The zero-order valence-electron chi connectivity index (χ0n) is 9.73. The summed E-state index contributed by atoms with van der Waals surface area (Å²) in [6.45, 7) is 3.62. The van der Waals surface area contributed by atoms with Crippen molar-refractivity contribution in [2.75, 3.05) is 12.8 Å². The summed E-state index contributed by atoms with van der Waals surface area (Å²) >= 11 is 0. The van der Waals surface area contributed by atoms with Gasteiger partial charge in [0.25, 0.3) is 0 Å². The topological polar surface area (TPSA) is 99.1 Å². The van der Waals surface area contributed by atoms with E-state index in [0.29, 0.717) is 18.9 Å². The molecular weight excluding hydrogens is 230 g/mol. The zero-order valence-corrected chi connectivity index (χ0v) is 10.5. The Bertz CT molecular complexity index is 450. The number of hydrogen-bond acceptors (Lipinski definition) is 6. The van der Waals surface area contributed by atoms with Crippen LogP contribution in [0.3, 0.4) is 0 Å². The van der Waals surface area contributed by atoms with Crippen molar-refractivity contribution in [1.82, 2.24) is 10.2 Å². The number of aryl methyl sites for hydroxylation is 1. The molecule has 16 heavy (non-hydrogen) atoms. The van der Waals surface area contributed by atoms with E-state index in [2.05, 4.69) is 10.2 Å². The minimum absolute atomic E-state index is 0.127. The Balaban J connectivity index is 2.94. The fourth-order valence-electron chi connectivity index (χ4n) is 1.01. The van der Waals surface area contributed by atoms with Gasteiger partial charge in [0.1, 0.15) is 4.75 Å². The van der Waals surface area contributed by atoms with Gasteiger partial charge in [-0.05, 0) is 26.8 Å². The summed E-state index contributed by atoms with van der Waals surface area (Å²) in [5.74, 6) is 0.555. The molecule has 0 saturated heterocycles. The van der Waals surface area contributed by atoms with Gasteiger partial charge in [0, 0.05) is 12.7 Å². The lowest BCUT2D eigenvalue weighted by molar-refractivity contribution is 0.403. The highest BCUT2D eigenvalue weighted by atomic mass is 32.2. The lowest BCUT2D eigenvalue weighted by Crippen LogP contribution is -2.28. The van der Waals surface area contributed by atoms with Crippen LogP contribution in [0.1, 0.15) is 32.0 Å². The van der Waals surface area contributed by atoms with E-state index >= 15 is 0 Å². The third kappa shape index (κ3) is 2.59. The average Bonchev–Trinajstić information content (AvgIpc) is 2.61. The van der Waals surface area contributed by atoms with Gasteiger partial charge < -0.3 is 10.2 Å². The Kier molecular flexibility index (Phi) is 3.69. The molecule has 2 N–H and O–H groups in total. The van der Waals surface area contributed by atoms with E-state index in [0.717, 1.165) is 12.7 Å². The molecule has 0 unspecified atom stereocenters. The molecule has 92 valence electrons. The number of rotatable bonds is 5. The molecule has 6 nitrogen and oxygen atoms in total. The first-order chi connectivity index (χ1) is 7.29. The van der Waals surface area contributed by atoms with E-state index in [1.807, 2.05) is 0 Å². The molecular formula is C9H17N3O3S. The highest BCUT2D eigenvalue weighted by Gasteiger charge is 2.37. The molecule has 0 amide bonds. The van der Waals surface area contributed by atoms with Crippen LogP contribution in [0.2, 0.25) is 0 Å². The molecule has 0 bridgehead atoms. The number of sulfone groups is 1. The van der Waals surface area contributed by atoms with Gasteiger partial charge in [-0.1, -0.05) is 0 Å². The SMILES string of the molecule is CC(C)(c1nnc(CCCN)o1)S(C)(=O)=O. The molecule has 7 heteroatoms. The smallest absolute Gasteiger partial charge is 0.237 e. The highest BCUT2D eigenvalue weighted by molar-refractivity contribution is 7.91. The van der Waals surface area contributed by atoms with Crippen LogP contribution in [0.5, 0.6) is 0 Å². The number of nitrogens with zero attached hydrogens (tertiary/aromatic N) is 2. The third-order valence-electron chi connectivity index (χ3n) is 2.50. The van der Waals surface area contributed by atoms with Crippen molar-refractivity contribution < 1.29 is 12.8 Å². The Labute approximate surface area is 95.2 Å². The maximum atomic E-state index is 11.5. The first-order valence-corrected chi connectivity index (χ1v) is 6.90. The summed E-state index contributed by atoms with van der Waals surface area (Å²) in [5.41, 5.74) is 5.35. The molecule has 0 fully saturated rings. The van der Waals surface area contributed by atoms with Crippen LogP contribution in [0.25, 0.3) is 0 Å². The summed E-state index contributed by atoms with van der Waals surface area (Å²) in [6, 6.07) is 0. The molecule has 1 aromatic rings. The van der Waals surface area contributed by atoms with E-state index in [1.54, 1.807) is 13.8 Å². The summed E-state index contributed by atoms with van der Waals surface area (Å²) in [6.07, 6.45) is 2.46. The quantitative estimate of drug-likeness (QED) is 0.800. The second-order valence-corrected chi connectivity index (χ2v) is 6.74. The van der Waals surface area contributed by atoms with Gasteiger partial charge in [-0.15, -0.1) is 10.2 Å². The maximum Gasteiger partial charge on any atom is 0.237 e. The van der Waals surface area contributed by atoms with Gasteiger partial charge in [0.15, 0.2) is 9.84 Å². The van der Waals surface area contributed by atoms with Crippen LogP contribution >= 0.6 is 0 Å². The molecule has 0 aliphatic heterocycles. The Morgan fingerprint density at radius 3 is 2.50 bits per heavy atom. The fraction of sp³-hybridized carbons (Fsp3) is 0.778. The summed E-state index contributed by atoms with van der Waals surface area (Å²) in [5, 5.41) is 7.57. The van der Waals surface area contributed by atoms with Crippen molar-refractivity contribution in [2.24, 2.45) is 5.73 Å². The van der Waals surface area contributed by atoms with Crippen molar-refractivity contribution >= 4 is 9.84 Å².